The maximum atomic E-state index is 11.5. The van der Waals surface area contributed by atoms with Gasteiger partial charge in [0, 0.05) is 23.4 Å². The first-order valence-corrected chi connectivity index (χ1v) is 6.43. The summed E-state index contributed by atoms with van der Waals surface area (Å²) in [5.41, 5.74) is 0. The molecule has 0 N–H and O–H groups in total. The lowest BCUT2D eigenvalue weighted by Gasteiger charge is -2.30. The molecule has 13 heavy (non-hydrogen) atoms. The minimum absolute atomic E-state index is 0.149. The van der Waals surface area contributed by atoms with E-state index in [9.17, 15) is 4.79 Å². The highest BCUT2D eigenvalue weighted by Gasteiger charge is 2.29. The van der Waals surface area contributed by atoms with E-state index in [-0.39, 0.29) is 17.6 Å². The molecule has 0 aromatic carbocycles. The smallest absolute Gasteiger partial charge is 0.172 e. The Morgan fingerprint density at radius 2 is 2.15 bits per heavy atom. The Hall–Kier alpha value is 0.330. The predicted molar refractivity (Wildman–Crippen MR) is 59.6 cm³/mol. The molecule has 1 aliphatic heterocycles. The fourth-order valence-electron chi connectivity index (χ4n) is 1.19. The molecule has 1 saturated heterocycles. The molecule has 0 aromatic heterocycles. The van der Waals surface area contributed by atoms with Crippen molar-refractivity contribution in [1.82, 2.24) is 0 Å². The molecule has 0 bridgehead atoms. The van der Waals surface area contributed by atoms with Crippen LogP contribution in [-0.2, 0) is 9.53 Å². The van der Waals surface area contributed by atoms with Crippen molar-refractivity contribution in [3.8, 4) is 0 Å². The Morgan fingerprint density at radius 1 is 1.46 bits per heavy atom. The van der Waals surface area contributed by atoms with E-state index in [0.717, 1.165) is 5.75 Å². The summed E-state index contributed by atoms with van der Waals surface area (Å²) in [6, 6.07) is 0. The molecule has 3 unspecified atom stereocenters. The second kappa shape index (κ2) is 5.27. The average Bonchev–Trinajstić information content (AvgIpc) is 2.10. The number of hydrogen-bond acceptors (Lipinski definition) is 4. The van der Waals surface area contributed by atoms with Crippen LogP contribution in [0.3, 0.4) is 0 Å². The highest BCUT2D eigenvalue weighted by molar-refractivity contribution is 8.08. The van der Waals surface area contributed by atoms with Crippen LogP contribution in [0.25, 0.3) is 0 Å². The van der Waals surface area contributed by atoms with Crippen molar-refractivity contribution in [3.63, 3.8) is 0 Å². The van der Waals surface area contributed by atoms with Gasteiger partial charge >= 0.3 is 0 Å². The summed E-state index contributed by atoms with van der Waals surface area (Å²) in [4.78, 5) is 11.5. The zero-order valence-electron chi connectivity index (χ0n) is 8.28. The number of methoxy groups -OCH3 is 1. The molecule has 1 aliphatic rings. The molecule has 2 nitrogen and oxygen atoms in total. The third-order valence-electron chi connectivity index (χ3n) is 2.20. The van der Waals surface area contributed by atoms with Gasteiger partial charge in [0.2, 0.25) is 0 Å². The molecule has 0 saturated carbocycles. The maximum absolute atomic E-state index is 11.5. The van der Waals surface area contributed by atoms with Crippen LogP contribution >= 0.6 is 23.5 Å². The number of ketones is 1. The van der Waals surface area contributed by atoms with Crippen molar-refractivity contribution in [1.29, 1.82) is 0 Å². The van der Waals surface area contributed by atoms with Gasteiger partial charge < -0.3 is 4.74 Å². The molecule has 0 radical (unpaired) electrons. The molecule has 0 aliphatic carbocycles. The van der Waals surface area contributed by atoms with Gasteiger partial charge in [-0.25, -0.2) is 0 Å². The predicted octanol–water partition coefficient (Wildman–Crippen LogP) is 1.83. The molecule has 4 heteroatoms. The second-order valence-electron chi connectivity index (χ2n) is 3.27. The van der Waals surface area contributed by atoms with Crippen LogP contribution in [0.15, 0.2) is 0 Å². The number of rotatable bonds is 3. The first-order valence-electron chi connectivity index (χ1n) is 4.44. The Labute approximate surface area is 88.2 Å². The highest BCUT2D eigenvalue weighted by Crippen LogP contribution is 2.35. The Bertz CT molecular complexity index is 184. The van der Waals surface area contributed by atoms with Gasteiger partial charge in [0.25, 0.3) is 0 Å². The number of hydrogen-bond donors (Lipinski definition) is 0. The topological polar surface area (TPSA) is 26.3 Å². The lowest BCUT2D eigenvalue weighted by molar-refractivity contribution is -0.121. The van der Waals surface area contributed by atoms with Crippen molar-refractivity contribution >= 4 is 29.3 Å². The van der Waals surface area contributed by atoms with Crippen LogP contribution in [0.1, 0.15) is 13.8 Å². The molecule has 0 aromatic rings. The standard InChI is InChI=1S/C9H16O2S2/c1-6-7(2)13-9(5-12-6)8(10)4-11-3/h6-7,9H,4-5H2,1-3H3. The number of Topliss-reactive ketones (excluding diaryl/α,β-unsaturated/α-hetero) is 1. The van der Waals surface area contributed by atoms with Gasteiger partial charge in [-0.1, -0.05) is 13.8 Å². The van der Waals surface area contributed by atoms with E-state index in [4.69, 9.17) is 4.74 Å². The summed E-state index contributed by atoms with van der Waals surface area (Å²) in [5.74, 6) is 1.18. The molecule has 76 valence electrons. The zero-order valence-corrected chi connectivity index (χ0v) is 9.91. The van der Waals surface area contributed by atoms with Crippen molar-refractivity contribution < 1.29 is 9.53 Å². The summed E-state index contributed by atoms with van der Waals surface area (Å²) in [5, 5.41) is 1.39. The number of carbonyl (C=O) groups is 1. The summed E-state index contributed by atoms with van der Waals surface area (Å²) < 4.78 is 4.85. The third kappa shape index (κ3) is 3.18. The zero-order chi connectivity index (χ0) is 9.84. The second-order valence-corrected chi connectivity index (χ2v) is 6.26. The van der Waals surface area contributed by atoms with E-state index in [1.807, 2.05) is 11.8 Å². The minimum atomic E-state index is 0.149. The van der Waals surface area contributed by atoms with Crippen molar-refractivity contribution in [3.05, 3.63) is 0 Å². The minimum Gasteiger partial charge on any atom is -0.377 e. The monoisotopic (exact) mass is 220 g/mol. The number of thioether (sulfide) groups is 2. The first-order chi connectivity index (χ1) is 6.15. The maximum Gasteiger partial charge on any atom is 0.172 e. The third-order valence-corrected chi connectivity index (χ3v) is 5.63. The first kappa shape index (κ1) is 11.4. The Morgan fingerprint density at radius 3 is 2.69 bits per heavy atom. The summed E-state index contributed by atoms with van der Waals surface area (Å²) >= 11 is 3.68. The molecule has 0 spiro atoms. The molecule has 0 amide bonds. The quantitative estimate of drug-likeness (QED) is 0.725. The van der Waals surface area contributed by atoms with Crippen LogP contribution in [0.4, 0.5) is 0 Å². The molecule has 3 atom stereocenters. The highest BCUT2D eigenvalue weighted by atomic mass is 32.2. The lowest BCUT2D eigenvalue weighted by Crippen LogP contribution is -2.33. The van der Waals surface area contributed by atoms with Crippen LogP contribution in [0.5, 0.6) is 0 Å². The summed E-state index contributed by atoms with van der Waals surface area (Å²) in [7, 11) is 1.57. The molecule has 1 fully saturated rings. The van der Waals surface area contributed by atoms with Gasteiger partial charge in [0.1, 0.15) is 6.61 Å². The molecule has 1 rings (SSSR count). The number of ether oxygens (including phenoxy) is 1. The number of carbonyl (C=O) groups excluding carboxylic acids is 1. The summed E-state index contributed by atoms with van der Waals surface area (Å²) in [6.45, 7) is 4.67. The van der Waals surface area contributed by atoms with E-state index in [0.29, 0.717) is 10.5 Å². The summed E-state index contributed by atoms with van der Waals surface area (Å²) in [6.07, 6.45) is 0. The SMILES string of the molecule is COCC(=O)C1CSC(C)C(C)S1. The Balaban J connectivity index is 2.40. The van der Waals surface area contributed by atoms with Gasteiger partial charge in [0.15, 0.2) is 5.78 Å². The van der Waals surface area contributed by atoms with E-state index in [1.165, 1.54) is 0 Å². The van der Waals surface area contributed by atoms with Crippen molar-refractivity contribution in [2.75, 3.05) is 19.5 Å². The molecule has 1 heterocycles. The average molecular weight is 220 g/mol. The van der Waals surface area contributed by atoms with E-state index < -0.39 is 0 Å². The lowest BCUT2D eigenvalue weighted by atomic mass is 10.3. The van der Waals surface area contributed by atoms with E-state index >= 15 is 0 Å². The fourth-order valence-corrected chi connectivity index (χ4v) is 4.06. The Kier molecular flexibility index (Phi) is 4.62. The van der Waals surface area contributed by atoms with Gasteiger partial charge in [-0.3, -0.25) is 4.79 Å². The van der Waals surface area contributed by atoms with Crippen LogP contribution in [0, 0.1) is 0 Å². The fraction of sp³-hybridized carbons (Fsp3) is 0.889. The normalized spacial score (nSPS) is 34.5. The van der Waals surface area contributed by atoms with Crippen LogP contribution < -0.4 is 0 Å². The van der Waals surface area contributed by atoms with Crippen molar-refractivity contribution in [2.45, 2.75) is 29.6 Å². The van der Waals surface area contributed by atoms with E-state index in [1.54, 1.807) is 18.9 Å². The van der Waals surface area contributed by atoms with Crippen LogP contribution in [-0.4, -0.2) is 41.0 Å². The largest absolute Gasteiger partial charge is 0.377 e. The van der Waals surface area contributed by atoms with E-state index in [2.05, 4.69) is 13.8 Å². The molecular formula is C9H16O2S2. The van der Waals surface area contributed by atoms with Crippen LogP contribution in [0.2, 0.25) is 0 Å². The van der Waals surface area contributed by atoms with Crippen molar-refractivity contribution in [2.24, 2.45) is 0 Å². The van der Waals surface area contributed by atoms with Gasteiger partial charge in [-0.15, -0.1) is 11.8 Å². The van der Waals surface area contributed by atoms with Gasteiger partial charge in [-0.05, 0) is 0 Å². The van der Waals surface area contributed by atoms with Gasteiger partial charge in [0.05, 0.1) is 5.25 Å². The molecular weight excluding hydrogens is 204 g/mol. The van der Waals surface area contributed by atoms with Gasteiger partial charge in [-0.2, -0.15) is 11.8 Å².